The van der Waals surface area contributed by atoms with Gasteiger partial charge in [0.15, 0.2) is 5.76 Å². The Kier molecular flexibility index (Phi) is 5.73. The molecular weight excluding hydrogens is 364 g/mol. The molecule has 0 saturated carbocycles. The second kappa shape index (κ2) is 8.03. The summed E-state index contributed by atoms with van der Waals surface area (Å²) in [4.78, 5) is 14.8. The molecular formula is C21H23ClN2O3. The maximum Gasteiger partial charge on any atom is 0.287 e. The minimum atomic E-state index is -0.249. The highest BCUT2D eigenvalue weighted by Gasteiger charge is 2.21. The van der Waals surface area contributed by atoms with Gasteiger partial charge in [0.2, 0.25) is 0 Å². The Labute approximate surface area is 163 Å². The molecule has 1 aromatic heterocycles. The SMILES string of the molecule is COc1ccc2oc(C(=O)NCC(c3ccccc3Cl)N(C)C)c(C)c2c1. The third kappa shape index (κ3) is 3.94. The van der Waals surface area contributed by atoms with Crippen LogP contribution in [0.2, 0.25) is 5.02 Å². The van der Waals surface area contributed by atoms with Crippen LogP contribution in [0.3, 0.4) is 0 Å². The number of aryl methyl sites for hydroxylation is 1. The Morgan fingerprint density at radius 2 is 2.00 bits per heavy atom. The van der Waals surface area contributed by atoms with Gasteiger partial charge >= 0.3 is 0 Å². The van der Waals surface area contributed by atoms with E-state index >= 15 is 0 Å². The molecule has 1 heterocycles. The third-order valence-electron chi connectivity index (χ3n) is 4.69. The van der Waals surface area contributed by atoms with Gasteiger partial charge in [-0.15, -0.1) is 0 Å². The van der Waals surface area contributed by atoms with Gasteiger partial charge in [-0.2, -0.15) is 0 Å². The zero-order valence-corrected chi connectivity index (χ0v) is 16.6. The molecule has 27 heavy (non-hydrogen) atoms. The van der Waals surface area contributed by atoms with Crippen LogP contribution >= 0.6 is 11.6 Å². The molecule has 1 unspecified atom stereocenters. The standard InChI is InChI=1S/C21H23ClN2O3/c1-13-16-11-14(26-4)9-10-19(16)27-20(13)21(25)23-12-18(24(2)3)15-7-5-6-8-17(15)22/h5-11,18H,12H2,1-4H3,(H,23,25). The Morgan fingerprint density at radius 1 is 1.26 bits per heavy atom. The van der Waals surface area contributed by atoms with E-state index in [1.165, 1.54) is 0 Å². The molecule has 1 N–H and O–H groups in total. The van der Waals surface area contributed by atoms with Crippen LogP contribution in [0.25, 0.3) is 11.0 Å². The number of benzene rings is 2. The van der Waals surface area contributed by atoms with E-state index in [1.54, 1.807) is 7.11 Å². The number of carbonyl (C=O) groups is 1. The van der Waals surface area contributed by atoms with E-state index < -0.39 is 0 Å². The van der Waals surface area contributed by atoms with Crippen molar-refractivity contribution in [2.24, 2.45) is 0 Å². The van der Waals surface area contributed by atoms with E-state index in [-0.39, 0.29) is 11.9 Å². The summed E-state index contributed by atoms with van der Waals surface area (Å²) in [6, 6.07) is 13.1. The number of fused-ring (bicyclic) bond motifs is 1. The van der Waals surface area contributed by atoms with Crippen LogP contribution in [0.15, 0.2) is 46.9 Å². The highest BCUT2D eigenvalue weighted by atomic mass is 35.5. The molecule has 2 aromatic carbocycles. The minimum Gasteiger partial charge on any atom is -0.497 e. The fourth-order valence-electron chi connectivity index (χ4n) is 3.13. The molecule has 142 valence electrons. The van der Waals surface area contributed by atoms with Crippen molar-refractivity contribution in [3.63, 3.8) is 0 Å². The number of hydrogen-bond donors (Lipinski definition) is 1. The summed E-state index contributed by atoms with van der Waals surface area (Å²) in [7, 11) is 5.53. The number of rotatable bonds is 6. The first-order valence-corrected chi connectivity index (χ1v) is 9.06. The topological polar surface area (TPSA) is 54.7 Å². The lowest BCUT2D eigenvalue weighted by molar-refractivity contribution is 0.0915. The average molecular weight is 387 g/mol. The first-order valence-electron chi connectivity index (χ1n) is 8.68. The largest absolute Gasteiger partial charge is 0.497 e. The number of furan rings is 1. The molecule has 0 aliphatic heterocycles. The van der Waals surface area contributed by atoms with E-state index in [4.69, 9.17) is 20.8 Å². The molecule has 5 nitrogen and oxygen atoms in total. The molecule has 1 amide bonds. The minimum absolute atomic E-state index is 0.0487. The van der Waals surface area contributed by atoms with Crippen molar-refractivity contribution >= 4 is 28.5 Å². The van der Waals surface area contributed by atoms with E-state index in [9.17, 15) is 4.79 Å². The maximum atomic E-state index is 12.7. The second-order valence-electron chi connectivity index (χ2n) is 6.63. The number of nitrogens with zero attached hydrogens (tertiary/aromatic N) is 1. The van der Waals surface area contributed by atoms with Crippen molar-refractivity contribution in [3.8, 4) is 5.75 Å². The van der Waals surface area contributed by atoms with Gasteiger partial charge in [0, 0.05) is 22.5 Å². The number of hydrogen-bond acceptors (Lipinski definition) is 4. The number of likely N-dealkylation sites (N-methyl/N-ethyl adjacent to an activating group) is 1. The average Bonchev–Trinajstić information content (AvgIpc) is 2.99. The molecule has 0 bridgehead atoms. The predicted molar refractivity (Wildman–Crippen MR) is 108 cm³/mol. The second-order valence-corrected chi connectivity index (χ2v) is 7.04. The van der Waals surface area contributed by atoms with Gasteiger partial charge in [0.05, 0.1) is 13.2 Å². The summed E-state index contributed by atoms with van der Waals surface area (Å²) in [5, 5.41) is 4.52. The van der Waals surface area contributed by atoms with Crippen LogP contribution in [-0.4, -0.2) is 38.6 Å². The third-order valence-corrected chi connectivity index (χ3v) is 5.04. The van der Waals surface area contributed by atoms with E-state index in [2.05, 4.69) is 5.32 Å². The zero-order chi connectivity index (χ0) is 19.6. The molecule has 0 radical (unpaired) electrons. The summed E-state index contributed by atoms with van der Waals surface area (Å²) >= 11 is 6.33. The Morgan fingerprint density at radius 3 is 2.67 bits per heavy atom. The quantitative estimate of drug-likeness (QED) is 0.680. The molecule has 6 heteroatoms. The summed E-state index contributed by atoms with van der Waals surface area (Å²) in [6.45, 7) is 2.28. The summed E-state index contributed by atoms with van der Waals surface area (Å²) in [5.74, 6) is 0.793. The highest BCUT2D eigenvalue weighted by Crippen LogP contribution is 2.29. The first kappa shape index (κ1) is 19.3. The summed E-state index contributed by atoms with van der Waals surface area (Å²) in [6.07, 6.45) is 0. The summed E-state index contributed by atoms with van der Waals surface area (Å²) < 4.78 is 11.0. The van der Waals surface area contributed by atoms with Gasteiger partial charge in [-0.1, -0.05) is 29.8 Å². The molecule has 3 aromatic rings. The van der Waals surface area contributed by atoms with Crippen LogP contribution in [0.5, 0.6) is 5.75 Å². The lowest BCUT2D eigenvalue weighted by Gasteiger charge is -2.25. The van der Waals surface area contributed by atoms with Crippen LogP contribution in [-0.2, 0) is 0 Å². The van der Waals surface area contributed by atoms with Gasteiger partial charge in [-0.3, -0.25) is 4.79 Å². The Hall–Kier alpha value is -2.50. The van der Waals surface area contributed by atoms with Crippen LogP contribution in [0.4, 0.5) is 0 Å². The van der Waals surface area contributed by atoms with Gasteiger partial charge in [-0.25, -0.2) is 0 Å². The van der Waals surface area contributed by atoms with E-state index in [1.807, 2.05) is 68.4 Å². The molecule has 0 aliphatic rings. The number of nitrogens with one attached hydrogen (secondary N) is 1. The number of amides is 1. The zero-order valence-electron chi connectivity index (χ0n) is 15.9. The number of carbonyl (C=O) groups excluding carboxylic acids is 1. The summed E-state index contributed by atoms with van der Waals surface area (Å²) in [5.41, 5.74) is 2.42. The van der Waals surface area contributed by atoms with Crippen molar-refractivity contribution in [1.29, 1.82) is 0 Å². The monoisotopic (exact) mass is 386 g/mol. The van der Waals surface area contributed by atoms with Gasteiger partial charge in [0.1, 0.15) is 11.3 Å². The van der Waals surface area contributed by atoms with Crippen LogP contribution in [0, 0.1) is 6.92 Å². The molecule has 0 aliphatic carbocycles. The van der Waals surface area contributed by atoms with Crippen molar-refractivity contribution in [2.45, 2.75) is 13.0 Å². The highest BCUT2D eigenvalue weighted by molar-refractivity contribution is 6.31. The lowest BCUT2D eigenvalue weighted by Crippen LogP contribution is -2.34. The Bertz CT molecular complexity index is 965. The van der Waals surface area contributed by atoms with Gasteiger partial charge < -0.3 is 19.4 Å². The van der Waals surface area contributed by atoms with Crippen LogP contribution in [0.1, 0.15) is 27.7 Å². The van der Waals surface area contributed by atoms with Crippen molar-refractivity contribution in [1.82, 2.24) is 10.2 Å². The Balaban J connectivity index is 1.81. The fraction of sp³-hybridized carbons (Fsp3) is 0.286. The van der Waals surface area contributed by atoms with Crippen molar-refractivity contribution in [3.05, 3.63) is 64.4 Å². The lowest BCUT2D eigenvalue weighted by atomic mass is 10.1. The number of halogens is 1. The van der Waals surface area contributed by atoms with Crippen molar-refractivity contribution in [2.75, 3.05) is 27.7 Å². The fourth-order valence-corrected chi connectivity index (χ4v) is 3.39. The smallest absolute Gasteiger partial charge is 0.287 e. The van der Waals surface area contributed by atoms with Crippen LogP contribution < -0.4 is 10.1 Å². The van der Waals surface area contributed by atoms with Crippen molar-refractivity contribution < 1.29 is 13.9 Å². The van der Waals surface area contributed by atoms with E-state index in [0.717, 1.165) is 22.3 Å². The molecule has 0 saturated heterocycles. The predicted octanol–water partition coefficient (Wildman–Crippen LogP) is 4.44. The normalized spacial score (nSPS) is 12.4. The number of methoxy groups -OCH3 is 1. The van der Waals surface area contributed by atoms with Gasteiger partial charge in [-0.05, 0) is 50.8 Å². The molecule has 0 fully saturated rings. The first-order chi connectivity index (χ1) is 12.9. The molecule has 0 spiro atoms. The number of ether oxygens (including phenoxy) is 1. The maximum absolute atomic E-state index is 12.7. The van der Waals surface area contributed by atoms with E-state index in [0.29, 0.717) is 22.9 Å². The molecule has 3 rings (SSSR count). The van der Waals surface area contributed by atoms with Gasteiger partial charge in [0.25, 0.3) is 5.91 Å². The molecule has 1 atom stereocenters.